The van der Waals surface area contributed by atoms with Crippen molar-refractivity contribution < 1.29 is 8.42 Å². The lowest BCUT2D eigenvalue weighted by molar-refractivity contribution is 0.602. The first-order valence-electron chi connectivity index (χ1n) is 4.64. The zero-order valence-electron chi connectivity index (χ0n) is 9.08. The van der Waals surface area contributed by atoms with E-state index in [0.717, 1.165) is 11.3 Å². The molecule has 0 fully saturated rings. The number of hydrogen-bond acceptors (Lipinski definition) is 5. The fraction of sp³-hybridized carbons (Fsp3) is 0.111. The number of halogens is 1. The topological polar surface area (TPSA) is 87.8 Å². The van der Waals surface area contributed by atoms with Crippen molar-refractivity contribution in [1.82, 2.24) is 9.78 Å². The van der Waals surface area contributed by atoms with Gasteiger partial charge in [0.25, 0.3) is 10.0 Å². The van der Waals surface area contributed by atoms with E-state index in [2.05, 4.69) is 9.82 Å². The van der Waals surface area contributed by atoms with E-state index >= 15 is 0 Å². The highest BCUT2D eigenvalue weighted by Crippen LogP contribution is 2.27. The van der Waals surface area contributed by atoms with Crippen molar-refractivity contribution in [2.75, 3.05) is 4.72 Å². The van der Waals surface area contributed by atoms with Gasteiger partial charge < -0.3 is 0 Å². The minimum atomic E-state index is -3.75. The number of nitriles is 1. The molecular weight excluding hydrogens is 296 g/mol. The molecule has 0 aliphatic heterocycles. The van der Waals surface area contributed by atoms with E-state index in [0.29, 0.717) is 4.34 Å². The van der Waals surface area contributed by atoms with Crippen molar-refractivity contribution in [2.24, 2.45) is 7.05 Å². The summed E-state index contributed by atoms with van der Waals surface area (Å²) in [5.41, 5.74) is 0.156. The number of thiophene rings is 1. The van der Waals surface area contributed by atoms with Gasteiger partial charge in [-0.05, 0) is 12.1 Å². The summed E-state index contributed by atoms with van der Waals surface area (Å²) < 4.78 is 28.0. The average Bonchev–Trinajstić information content (AvgIpc) is 2.84. The van der Waals surface area contributed by atoms with Gasteiger partial charge >= 0.3 is 0 Å². The maximum absolute atomic E-state index is 12.0. The molecular formula is C9H7ClN4O2S2. The van der Waals surface area contributed by atoms with E-state index in [4.69, 9.17) is 16.9 Å². The number of nitrogens with zero attached hydrogens (tertiary/aromatic N) is 3. The van der Waals surface area contributed by atoms with E-state index in [-0.39, 0.29) is 15.6 Å². The van der Waals surface area contributed by atoms with Crippen LogP contribution in [0.1, 0.15) is 5.56 Å². The van der Waals surface area contributed by atoms with Crippen molar-refractivity contribution in [3.63, 3.8) is 0 Å². The summed E-state index contributed by atoms with van der Waals surface area (Å²) in [6.07, 6.45) is 1.43. The summed E-state index contributed by atoms with van der Waals surface area (Å²) in [6, 6.07) is 4.75. The zero-order valence-corrected chi connectivity index (χ0v) is 11.5. The van der Waals surface area contributed by atoms with Crippen LogP contribution in [0.3, 0.4) is 0 Å². The van der Waals surface area contributed by atoms with Crippen LogP contribution in [-0.4, -0.2) is 18.2 Å². The molecule has 9 heteroatoms. The number of anilines is 1. The van der Waals surface area contributed by atoms with Crippen LogP contribution in [0.15, 0.2) is 22.5 Å². The highest BCUT2D eigenvalue weighted by atomic mass is 35.5. The third kappa shape index (κ3) is 2.48. The minimum absolute atomic E-state index is 0.00419. The molecule has 2 aromatic heterocycles. The van der Waals surface area contributed by atoms with Crippen LogP contribution in [0.5, 0.6) is 0 Å². The van der Waals surface area contributed by atoms with Gasteiger partial charge in [-0.3, -0.25) is 9.40 Å². The third-order valence-electron chi connectivity index (χ3n) is 1.99. The molecule has 2 aromatic rings. The van der Waals surface area contributed by atoms with Crippen molar-refractivity contribution in [3.05, 3.63) is 28.2 Å². The molecule has 0 aliphatic carbocycles. The molecule has 1 N–H and O–H groups in total. The molecule has 0 aliphatic rings. The van der Waals surface area contributed by atoms with Crippen molar-refractivity contribution in [3.8, 4) is 6.07 Å². The number of aryl methyl sites for hydroxylation is 1. The van der Waals surface area contributed by atoms with Crippen LogP contribution in [0.25, 0.3) is 0 Å². The molecule has 0 atom stereocenters. The van der Waals surface area contributed by atoms with Crippen LogP contribution in [0.4, 0.5) is 5.82 Å². The number of hydrogen-bond donors (Lipinski definition) is 1. The predicted molar refractivity (Wildman–Crippen MR) is 68.1 cm³/mol. The summed E-state index contributed by atoms with van der Waals surface area (Å²) in [7, 11) is -2.16. The molecule has 0 saturated carbocycles. The van der Waals surface area contributed by atoms with E-state index < -0.39 is 10.0 Å². The summed E-state index contributed by atoms with van der Waals surface area (Å²) in [5, 5.41) is 12.7. The quantitative estimate of drug-likeness (QED) is 0.936. The molecule has 2 rings (SSSR count). The monoisotopic (exact) mass is 302 g/mol. The Kier molecular flexibility index (Phi) is 3.30. The summed E-state index contributed by atoms with van der Waals surface area (Å²) >= 11 is 6.62. The van der Waals surface area contributed by atoms with Gasteiger partial charge in [-0.2, -0.15) is 10.4 Å². The fourth-order valence-corrected chi connectivity index (χ4v) is 3.77. The van der Waals surface area contributed by atoms with E-state index in [1.54, 1.807) is 7.05 Å². The van der Waals surface area contributed by atoms with E-state index in [9.17, 15) is 8.42 Å². The summed E-state index contributed by atoms with van der Waals surface area (Å²) in [5.74, 6) is 0.00419. The molecule has 94 valence electrons. The van der Waals surface area contributed by atoms with Crippen LogP contribution < -0.4 is 4.72 Å². The van der Waals surface area contributed by atoms with Gasteiger partial charge in [0.15, 0.2) is 5.82 Å². The maximum atomic E-state index is 12.0. The molecule has 0 saturated heterocycles. The van der Waals surface area contributed by atoms with Gasteiger partial charge in [-0.25, -0.2) is 8.42 Å². The highest BCUT2D eigenvalue weighted by Gasteiger charge is 2.20. The number of sulfonamides is 1. The smallest absolute Gasteiger partial charge is 0.272 e. The van der Waals surface area contributed by atoms with Crippen LogP contribution >= 0.6 is 22.9 Å². The molecule has 6 nitrogen and oxygen atoms in total. The van der Waals surface area contributed by atoms with Crippen LogP contribution in [0, 0.1) is 11.3 Å². The van der Waals surface area contributed by atoms with Gasteiger partial charge in [0.1, 0.15) is 15.8 Å². The normalized spacial score (nSPS) is 11.2. The number of rotatable bonds is 3. The first kappa shape index (κ1) is 12.9. The Balaban J connectivity index is 2.37. The second-order valence-electron chi connectivity index (χ2n) is 3.34. The average molecular weight is 303 g/mol. The summed E-state index contributed by atoms with van der Waals surface area (Å²) in [4.78, 5) is 0. The van der Waals surface area contributed by atoms with Crippen LogP contribution in [0.2, 0.25) is 4.34 Å². The van der Waals surface area contributed by atoms with Crippen molar-refractivity contribution >= 4 is 38.8 Å². The Hall–Kier alpha value is -1.56. The predicted octanol–water partition coefficient (Wildman–Crippen LogP) is 1.81. The molecule has 0 amide bonds. The van der Waals surface area contributed by atoms with Crippen molar-refractivity contribution in [1.29, 1.82) is 5.26 Å². The van der Waals surface area contributed by atoms with Gasteiger partial charge in [-0.1, -0.05) is 11.6 Å². The van der Waals surface area contributed by atoms with E-state index in [1.807, 2.05) is 6.07 Å². The lowest BCUT2D eigenvalue weighted by atomic mass is 10.4. The number of aromatic nitrogens is 2. The lowest BCUT2D eigenvalue weighted by Crippen LogP contribution is -2.12. The second-order valence-corrected chi connectivity index (χ2v) is 6.97. The Morgan fingerprint density at radius 3 is 2.83 bits per heavy atom. The molecule has 0 radical (unpaired) electrons. The Bertz CT molecular complexity index is 726. The SMILES string of the molecule is Cn1cc(C#N)c(NS(=O)(=O)c2ccc(Cl)s2)n1. The van der Waals surface area contributed by atoms with Gasteiger partial charge in [0.2, 0.25) is 0 Å². The third-order valence-corrected chi connectivity index (χ3v) is 5.06. The minimum Gasteiger partial charge on any atom is -0.272 e. The van der Waals surface area contributed by atoms with Crippen LogP contribution in [-0.2, 0) is 17.1 Å². The molecule has 0 bridgehead atoms. The lowest BCUT2D eigenvalue weighted by Gasteiger charge is -2.02. The van der Waals surface area contributed by atoms with Gasteiger partial charge in [0.05, 0.1) is 4.34 Å². The second kappa shape index (κ2) is 4.61. The maximum Gasteiger partial charge on any atom is 0.272 e. The molecule has 0 spiro atoms. The largest absolute Gasteiger partial charge is 0.272 e. The molecule has 0 unspecified atom stereocenters. The Labute approximate surface area is 112 Å². The van der Waals surface area contributed by atoms with Crippen molar-refractivity contribution in [2.45, 2.75) is 4.21 Å². The van der Waals surface area contributed by atoms with Gasteiger partial charge in [-0.15, -0.1) is 11.3 Å². The highest BCUT2D eigenvalue weighted by molar-refractivity contribution is 7.94. The molecule has 2 heterocycles. The first-order valence-corrected chi connectivity index (χ1v) is 7.32. The molecule has 0 aromatic carbocycles. The molecule has 18 heavy (non-hydrogen) atoms. The fourth-order valence-electron chi connectivity index (χ4n) is 1.27. The zero-order chi connectivity index (χ0) is 13.3. The van der Waals surface area contributed by atoms with E-state index in [1.165, 1.54) is 23.0 Å². The number of nitrogens with one attached hydrogen (secondary N) is 1. The van der Waals surface area contributed by atoms with Gasteiger partial charge in [0, 0.05) is 13.2 Å². The Morgan fingerprint density at radius 1 is 1.56 bits per heavy atom. The summed E-state index contributed by atoms with van der Waals surface area (Å²) in [6.45, 7) is 0. The standard InChI is InChI=1S/C9H7ClN4O2S2/c1-14-5-6(4-11)9(12-14)13-18(15,16)8-3-2-7(10)17-8/h2-3,5H,1H3,(H,12,13). The Morgan fingerprint density at radius 2 is 2.28 bits per heavy atom. The first-order chi connectivity index (χ1) is 8.42.